The molecule has 0 saturated heterocycles. The Morgan fingerprint density at radius 1 is 1.17 bits per heavy atom. The van der Waals surface area contributed by atoms with Crippen molar-refractivity contribution in [1.29, 1.82) is 0 Å². The van der Waals surface area contributed by atoms with Gasteiger partial charge in [-0.2, -0.15) is 0 Å². The molecule has 3 saturated carbocycles. The molecule has 6 nitrogen and oxygen atoms in total. The highest BCUT2D eigenvalue weighted by Crippen LogP contribution is 2.47. The number of nitrogens with zero attached hydrogens (tertiary/aromatic N) is 4. The van der Waals surface area contributed by atoms with Crippen LogP contribution in [0.4, 0.5) is 5.82 Å². The average Bonchev–Trinajstić information content (AvgIpc) is 2.88. The van der Waals surface area contributed by atoms with Gasteiger partial charge in [0.05, 0.1) is 0 Å². The van der Waals surface area contributed by atoms with Crippen molar-refractivity contribution in [3.05, 3.63) is 66.5 Å². The molecule has 0 amide bonds. The fourth-order valence-electron chi connectivity index (χ4n) is 5.43. The standard InChI is InChI=1S/C30H40N6/c1-6-9-25(19-32-3)26-20-33-27(24-11-8-10-23(18-24)22(7-2)21-36(4)5)34-28(26)35-30-15-12-29(31,13-16-30)14-17-30/h7-11,18-21H,2,6,12-17,31H2,1,3-5H3,(H,33,34,35)/b22-21+,25-9+,32-19-. The predicted octanol–water partition coefficient (Wildman–Crippen LogP) is 5.94. The van der Waals surface area contributed by atoms with Gasteiger partial charge in [-0.25, -0.2) is 9.97 Å². The first-order valence-electron chi connectivity index (χ1n) is 13.0. The zero-order valence-electron chi connectivity index (χ0n) is 22.2. The third-order valence-corrected chi connectivity index (χ3v) is 7.55. The molecule has 36 heavy (non-hydrogen) atoms. The first-order valence-corrected chi connectivity index (χ1v) is 13.0. The lowest BCUT2D eigenvalue weighted by atomic mass is 9.62. The molecule has 6 heteroatoms. The summed E-state index contributed by atoms with van der Waals surface area (Å²) in [6.07, 6.45) is 17.3. The fourth-order valence-corrected chi connectivity index (χ4v) is 5.43. The number of hydrogen-bond acceptors (Lipinski definition) is 6. The Morgan fingerprint density at radius 2 is 1.89 bits per heavy atom. The summed E-state index contributed by atoms with van der Waals surface area (Å²) in [6, 6.07) is 8.34. The second-order valence-electron chi connectivity index (χ2n) is 10.5. The molecule has 1 aromatic carbocycles. The molecule has 3 aliphatic carbocycles. The van der Waals surface area contributed by atoms with Gasteiger partial charge < -0.3 is 16.0 Å². The van der Waals surface area contributed by atoms with Crippen LogP contribution in [0.5, 0.6) is 0 Å². The van der Waals surface area contributed by atoms with Gasteiger partial charge in [0.15, 0.2) is 5.82 Å². The van der Waals surface area contributed by atoms with Crippen LogP contribution in [-0.2, 0) is 0 Å². The van der Waals surface area contributed by atoms with E-state index in [1.807, 2.05) is 37.5 Å². The third-order valence-electron chi connectivity index (χ3n) is 7.55. The van der Waals surface area contributed by atoms with E-state index in [0.29, 0.717) is 5.82 Å². The smallest absolute Gasteiger partial charge is 0.161 e. The van der Waals surface area contributed by atoms with Crippen molar-refractivity contribution in [2.45, 2.75) is 62.9 Å². The van der Waals surface area contributed by atoms with Gasteiger partial charge in [-0.15, -0.1) is 0 Å². The van der Waals surface area contributed by atoms with E-state index >= 15 is 0 Å². The highest BCUT2D eigenvalue weighted by atomic mass is 15.1. The Hall–Kier alpha value is -3.25. The summed E-state index contributed by atoms with van der Waals surface area (Å²) in [5, 5.41) is 3.91. The van der Waals surface area contributed by atoms with E-state index in [4.69, 9.17) is 15.7 Å². The number of aliphatic imine (C=N–C) groups is 1. The first-order chi connectivity index (χ1) is 17.3. The molecule has 0 unspecified atom stereocenters. The Balaban J connectivity index is 1.77. The molecule has 1 aromatic heterocycles. The van der Waals surface area contributed by atoms with Crippen molar-refractivity contribution < 1.29 is 0 Å². The predicted molar refractivity (Wildman–Crippen MR) is 153 cm³/mol. The van der Waals surface area contributed by atoms with Crippen molar-refractivity contribution in [3.63, 3.8) is 0 Å². The minimum Gasteiger partial charge on any atom is -0.383 e. The molecule has 2 bridgehead atoms. The number of nitrogens with two attached hydrogens (primary N) is 1. The van der Waals surface area contributed by atoms with Crippen LogP contribution in [0.3, 0.4) is 0 Å². The van der Waals surface area contributed by atoms with Crippen LogP contribution in [0.2, 0.25) is 0 Å². The summed E-state index contributed by atoms with van der Waals surface area (Å²) in [7, 11) is 5.83. The lowest BCUT2D eigenvalue weighted by molar-refractivity contribution is 0.126. The van der Waals surface area contributed by atoms with Crippen LogP contribution in [0, 0.1) is 0 Å². The van der Waals surface area contributed by atoms with Gasteiger partial charge in [-0.3, -0.25) is 4.99 Å². The fraction of sp³-hybridized carbons (Fsp3) is 0.433. The monoisotopic (exact) mass is 484 g/mol. The first kappa shape index (κ1) is 25.8. The van der Waals surface area contributed by atoms with E-state index in [0.717, 1.165) is 78.6 Å². The van der Waals surface area contributed by atoms with E-state index in [1.165, 1.54) is 0 Å². The van der Waals surface area contributed by atoms with Crippen LogP contribution < -0.4 is 11.1 Å². The molecule has 1 heterocycles. The average molecular weight is 485 g/mol. The summed E-state index contributed by atoms with van der Waals surface area (Å²) in [4.78, 5) is 16.3. The van der Waals surface area contributed by atoms with Crippen molar-refractivity contribution in [2.24, 2.45) is 10.7 Å². The Kier molecular flexibility index (Phi) is 7.74. The van der Waals surface area contributed by atoms with Gasteiger partial charge >= 0.3 is 0 Å². The number of aromatic nitrogens is 2. The molecule has 0 atom stereocenters. The molecule has 0 aliphatic heterocycles. The van der Waals surface area contributed by atoms with Gasteiger partial charge in [0.2, 0.25) is 0 Å². The van der Waals surface area contributed by atoms with E-state index < -0.39 is 0 Å². The normalized spacial score (nSPS) is 24.2. The summed E-state index contributed by atoms with van der Waals surface area (Å²) in [5.41, 5.74) is 11.8. The van der Waals surface area contributed by atoms with Crippen molar-refractivity contribution >= 4 is 23.2 Å². The molecular formula is C30H40N6. The second kappa shape index (κ2) is 10.8. The third kappa shape index (κ3) is 5.59. The molecule has 3 N–H and O–H groups in total. The zero-order chi connectivity index (χ0) is 25.8. The number of hydrogen-bond donors (Lipinski definition) is 2. The highest BCUT2D eigenvalue weighted by molar-refractivity contribution is 6.11. The van der Waals surface area contributed by atoms with Gasteiger partial charge in [0.1, 0.15) is 5.82 Å². The van der Waals surface area contributed by atoms with Crippen LogP contribution in [-0.4, -0.2) is 53.3 Å². The molecule has 3 fully saturated rings. The maximum Gasteiger partial charge on any atom is 0.161 e. The largest absolute Gasteiger partial charge is 0.383 e. The number of fused-ring (bicyclic) bond motifs is 3. The van der Waals surface area contributed by atoms with E-state index in [1.54, 1.807) is 7.05 Å². The number of benzene rings is 1. The van der Waals surface area contributed by atoms with Crippen molar-refractivity contribution in [3.8, 4) is 11.4 Å². The van der Waals surface area contributed by atoms with Gasteiger partial charge in [0, 0.05) is 67.5 Å². The summed E-state index contributed by atoms with van der Waals surface area (Å²) in [6.45, 7) is 6.14. The van der Waals surface area contributed by atoms with Gasteiger partial charge in [0.25, 0.3) is 0 Å². The van der Waals surface area contributed by atoms with Crippen molar-refractivity contribution in [1.82, 2.24) is 14.9 Å². The molecule has 190 valence electrons. The second-order valence-corrected chi connectivity index (χ2v) is 10.5. The minimum atomic E-state index is 0.0224. The molecule has 3 aliphatic rings. The Bertz CT molecular complexity index is 1170. The molecule has 0 spiro atoms. The highest BCUT2D eigenvalue weighted by Gasteiger charge is 2.47. The number of allylic oxidation sites excluding steroid dienone is 4. The minimum absolute atomic E-state index is 0.0224. The van der Waals surface area contributed by atoms with Gasteiger partial charge in [-0.05, 0) is 62.1 Å². The lowest BCUT2D eigenvalue weighted by Crippen LogP contribution is -2.58. The Morgan fingerprint density at radius 3 is 2.50 bits per heavy atom. The van der Waals surface area contributed by atoms with Crippen LogP contribution in [0.1, 0.15) is 63.0 Å². The lowest BCUT2D eigenvalue weighted by Gasteiger charge is -2.52. The van der Waals surface area contributed by atoms with E-state index in [-0.39, 0.29) is 11.1 Å². The molecule has 5 rings (SSSR count). The van der Waals surface area contributed by atoms with Gasteiger partial charge in [-0.1, -0.05) is 43.9 Å². The number of rotatable bonds is 9. The Labute approximate surface area is 216 Å². The maximum absolute atomic E-state index is 6.59. The van der Waals surface area contributed by atoms with E-state index in [9.17, 15) is 0 Å². The van der Waals surface area contributed by atoms with Crippen molar-refractivity contribution in [2.75, 3.05) is 26.5 Å². The summed E-state index contributed by atoms with van der Waals surface area (Å²) >= 11 is 0. The number of anilines is 1. The van der Waals surface area contributed by atoms with Crippen LogP contribution >= 0.6 is 0 Å². The molecule has 0 radical (unpaired) electrons. The zero-order valence-corrected chi connectivity index (χ0v) is 22.2. The quantitative estimate of drug-likeness (QED) is 0.340. The summed E-state index contributed by atoms with van der Waals surface area (Å²) < 4.78 is 0. The van der Waals surface area contributed by atoms with E-state index in [2.05, 4.69) is 60.4 Å². The summed E-state index contributed by atoms with van der Waals surface area (Å²) in [5.74, 6) is 1.58. The number of nitrogens with one attached hydrogen (secondary N) is 1. The topological polar surface area (TPSA) is 79.4 Å². The maximum atomic E-state index is 6.59. The molecule has 2 aromatic rings. The van der Waals surface area contributed by atoms with Crippen LogP contribution in [0.25, 0.3) is 22.5 Å². The van der Waals surface area contributed by atoms with Crippen LogP contribution in [0.15, 0.2) is 60.4 Å². The SMILES string of the molecule is C=C/C(=C\N(C)C)c1cccc(-c2ncc(C(/C=N\C)=C/CC)c(NC34CCC(N)(CC3)CC4)n2)c1. The molecular weight excluding hydrogens is 444 g/mol.